The molecule has 2 heterocycles. The van der Waals surface area contributed by atoms with Gasteiger partial charge in [-0.1, -0.05) is 12.1 Å². The van der Waals surface area contributed by atoms with Crippen LogP contribution in [0.1, 0.15) is 22.6 Å². The van der Waals surface area contributed by atoms with Gasteiger partial charge in [0, 0.05) is 49.5 Å². The number of methoxy groups -OCH3 is 2. The zero-order chi connectivity index (χ0) is 24.1. The smallest absolute Gasteiger partial charge is 0.321 e. The van der Waals surface area contributed by atoms with Crippen LogP contribution in [-0.2, 0) is 6.42 Å². The molecule has 1 N–H and O–H groups in total. The van der Waals surface area contributed by atoms with Crippen LogP contribution >= 0.6 is 0 Å². The Morgan fingerprint density at radius 3 is 2.06 bits per heavy atom. The van der Waals surface area contributed by atoms with Crippen molar-refractivity contribution in [3.63, 3.8) is 0 Å². The van der Waals surface area contributed by atoms with Gasteiger partial charge in [0.2, 0.25) is 0 Å². The Hall–Kier alpha value is -3.81. The number of hydrogen-bond donors (Lipinski definition) is 1. The minimum atomic E-state index is -0.0988. The van der Waals surface area contributed by atoms with Gasteiger partial charge in [0.25, 0.3) is 0 Å². The first-order chi connectivity index (χ1) is 16.5. The van der Waals surface area contributed by atoms with Crippen LogP contribution in [0, 0.1) is 13.8 Å². The number of rotatable bonds is 6. The maximum atomic E-state index is 12.8. The fraction of sp³-hybridized carbons (Fsp3) is 0.346. The Morgan fingerprint density at radius 1 is 0.882 bits per heavy atom. The molecular formula is C26H31N5O3. The third-order valence-corrected chi connectivity index (χ3v) is 6.05. The first-order valence-electron chi connectivity index (χ1n) is 11.4. The largest absolute Gasteiger partial charge is 0.497 e. The fourth-order valence-electron chi connectivity index (χ4n) is 4.13. The zero-order valence-electron chi connectivity index (χ0n) is 20.2. The Balaban J connectivity index is 1.44. The highest BCUT2D eigenvalue weighted by atomic mass is 16.5. The van der Waals surface area contributed by atoms with Gasteiger partial charge in [-0.25, -0.2) is 14.8 Å². The zero-order valence-corrected chi connectivity index (χ0v) is 20.2. The summed E-state index contributed by atoms with van der Waals surface area (Å²) in [6.07, 6.45) is 0.740. The number of piperazine rings is 1. The Bertz CT molecular complexity index is 1120. The predicted molar refractivity (Wildman–Crippen MR) is 133 cm³/mol. The predicted octanol–water partition coefficient (Wildman–Crippen LogP) is 4.06. The number of carbonyl (C=O) groups is 1. The fourth-order valence-corrected chi connectivity index (χ4v) is 4.13. The second kappa shape index (κ2) is 10.4. The molecule has 0 bridgehead atoms. The van der Waals surface area contributed by atoms with E-state index in [0.717, 1.165) is 46.5 Å². The summed E-state index contributed by atoms with van der Waals surface area (Å²) in [5.41, 5.74) is 4.03. The van der Waals surface area contributed by atoms with E-state index in [0.29, 0.717) is 26.2 Å². The van der Waals surface area contributed by atoms with Crippen LogP contribution in [0.15, 0.2) is 48.5 Å². The summed E-state index contributed by atoms with van der Waals surface area (Å²) >= 11 is 0. The molecule has 178 valence electrons. The molecular weight excluding hydrogens is 430 g/mol. The van der Waals surface area contributed by atoms with Gasteiger partial charge in [0.1, 0.15) is 23.1 Å². The average Bonchev–Trinajstić information content (AvgIpc) is 2.86. The molecule has 0 spiro atoms. The minimum absolute atomic E-state index is 0.0988. The third-order valence-electron chi connectivity index (χ3n) is 6.05. The Labute approximate surface area is 200 Å². The Kier molecular flexibility index (Phi) is 7.15. The molecule has 1 aromatic heterocycles. The summed E-state index contributed by atoms with van der Waals surface area (Å²) in [6, 6.07) is 15.3. The summed E-state index contributed by atoms with van der Waals surface area (Å²) in [4.78, 5) is 26.3. The van der Waals surface area contributed by atoms with Gasteiger partial charge in [-0.2, -0.15) is 0 Å². The van der Waals surface area contributed by atoms with Crippen molar-refractivity contribution in [2.75, 3.05) is 50.6 Å². The molecule has 0 aliphatic carbocycles. The van der Waals surface area contributed by atoms with Gasteiger partial charge < -0.3 is 24.6 Å². The van der Waals surface area contributed by atoms with E-state index in [9.17, 15) is 4.79 Å². The number of aryl methyl sites for hydroxylation is 2. The number of amides is 2. The summed E-state index contributed by atoms with van der Waals surface area (Å²) in [5.74, 6) is 3.30. The van der Waals surface area contributed by atoms with Crippen molar-refractivity contribution >= 4 is 17.5 Å². The first-order valence-corrected chi connectivity index (χ1v) is 11.4. The van der Waals surface area contributed by atoms with Crippen molar-refractivity contribution in [2.45, 2.75) is 20.3 Å². The summed E-state index contributed by atoms with van der Waals surface area (Å²) in [7, 11) is 3.29. The van der Waals surface area contributed by atoms with Crippen molar-refractivity contribution < 1.29 is 14.3 Å². The van der Waals surface area contributed by atoms with E-state index >= 15 is 0 Å². The molecule has 0 atom stereocenters. The second-order valence-electron chi connectivity index (χ2n) is 8.32. The normalized spacial score (nSPS) is 13.5. The van der Waals surface area contributed by atoms with E-state index in [2.05, 4.69) is 27.3 Å². The maximum absolute atomic E-state index is 12.8. The number of benzene rings is 2. The summed E-state index contributed by atoms with van der Waals surface area (Å²) in [6.45, 7) is 6.61. The average molecular weight is 462 g/mol. The number of urea groups is 1. The molecule has 0 unspecified atom stereocenters. The van der Waals surface area contributed by atoms with Crippen LogP contribution in [-0.4, -0.2) is 61.3 Å². The monoisotopic (exact) mass is 461 g/mol. The number of nitrogens with one attached hydrogen (secondary N) is 1. The van der Waals surface area contributed by atoms with Gasteiger partial charge >= 0.3 is 6.03 Å². The van der Waals surface area contributed by atoms with E-state index < -0.39 is 0 Å². The number of anilines is 2. The molecule has 8 heteroatoms. The van der Waals surface area contributed by atoms with Crippen LogP contribution in [0.4, 0.5) is 16.3 Å². The van der Waals surface area contributed by atoms with Crippen molar-refractivity contribution in [3.8, 4) is 11.5 Å². The standard InChI is InChI=1S/C26H31N5O3/c1-18-24(17-20-5-9-22(33-3)10-6-20)25(28-19(2)27-18)30-13-15-31(16-14-30)26(32)29-21-7-11-23(34-4)12-8-21/h5-12H,13-17H2,1-4H3,(H,29,32). The molecule has 1 fully saturated rings. The Morgan fingerprint density at radius 2 is 1.47 bits per heavy atom. The molecule has 2 amide bonds. The highest BCUT2D eigenvalue weighted by Gasteiger charge is 2.25. The van der Waals surface area contributed by atoms with Gasteiger partial charge in [-0.3, -0.25) is 0 Å². The SMILES string of the molecule is COc1ccc(Cc2c(C)nc(C)nc2N2CCN(C(=O)Nc3ccc(OC)cc3)CC2)cc1. The lowest BCUT2D eigenvalue weighted by atomic mass is 10.0. The topological polar surface area (TPSA) is 79.8 Å². The lowest BCUT2D eigenvalue weighted by molar-refractivity contribution is 0.208. The summed E-state index contributed by atoms with van der Waals surface area (Å²) in [5, 5.41) is 2.97. The molecule has 1 saturated heterocycles. The van der Waals surface area contributed by atoms with Crippen LogP contribution in [0.2, 0.25) is 0 Å². The molecule has 3 aromatic rings. The lowest BCUT2D eigenvalue weighted by Crippen LogP contribution is -2.50. The highest BCUT2D eigenvalue weighted by Crippen LogP contribution is 2.26. The van der Waals surface area contributed by atoms with Gasteiger partial charge in [0.05, 0.1) is 14.2 Å². The van der Waals surface area contributed by atoms with Crippen LogP contribution in [0.3, 0.4) is 0 Å². The molecule has 34 heavy (non-hydrogen) atoms. The quantitative estimate of drug-likeness (QED) is 0.597. The molecule has 0 saturated carbocycles. The molecule has 1 aliphatic rings. The maximum Gasteiger partial charge on any atom is 0.321 e. The molecule has 0 radical (unpaired) electrons. The van der Waals surface area contributed by atoms with E-state index in [1.165, 1.54) is 5.56 Å². The van der Waals surface area contributed by atoms with E-state index in [1.54, 1.807) is 14.2 Å². The highest BCUT2D eigenvalue weighted by molar-refractivity contribution is 5.89. The van der Waals surface area contributed by atoms with E-state index in [1.807, 2.05) is 55.1 Å². The number of aromatic nitrogens is 2. The van der Waals surface area contributed by atoms with Gasteiger partial charge in [0.15, 0.2) is 0 Å². The number of hydrogen-bond acceptors (Lipinski definition) is 6. The molecule has 4 rings (SSSR count). The number of nitrogens with zero attached hydrogens (tertiary/aromatic N) is 4. The van der Waals surface area contributed by atoms with Crippen LogP contribution < -0.4 is 19.7 Å². The van der Waals surface area contributed by atoms with Crippen LogP contribution in [0.5, 0.6) is 11.5 Å². The number of carbonyl (C=O) groups excluding carboxylic acids is 1. The van der Waals surface area contributed by atoms with Crippen molar-refractivity contribution in [1.29, 1.82) is 0 Å². The lowest BCUT2D eigenvalue weighted by Gasteiger charge is -2.36. The van der Waals surface area contributed by atoms with E-state index in [-0.39, 0.29) is 6.03 Å². The third kappa shape index (κ3) is 5.39. The van der Waals surface area contributed by atoms with Gasteiger partial charge in [-0.15, -0.1) is 0 Å². The van der Waals surface area contributed by atoms with Crippen molar-refractivity contribution in [2.24, 2.45) is 0 Å². The molecule has 8 nitrogen and oxygen atoms in total. The van der Waals surface area contributed by atoms with Crippen molar-refractivity contribution in [1.82, 2.24) is 14.9 Å². The molecule has 2 aromatic carbocycles. The van der Waals surface area contributed by atoms with E-state index in [4.69, 9.17) is 14.5 Å². The molecule has 1 aliphatic heterocycles. The first kappa shape index (κ1) is 23.4. The minimum Gasteiger partial charge on any atom is -0.497 e. The summed E-state index contributed by atoms with van der Waals surface area (Å²) < 4.78 is 10.5. The van der Waals surface area contributed by atoms with Crippen LogP contribution in [0.25, 0.3) is 0 Å². The van der Waals surface area contributed by atoms with Gasteiger partial charge in [-0.05, 0) is 55.8 Å². The van der Waals surface area contributed by atoms with Crippen molar-refractivity contribution in [3.05, 3.63) is 71.2 Å². The number of ether oxygens (including phenoxy) is 2. The second-order valence-corrected chi connectivity index (χ2v) is 8.32.